The summed E-state index contributed by atoms with van der Waals surface area (Å²) >= 11 is 0. The van der Waals surface area contributed by atoms with E-state index < -0.39 is 0 Å². The first kappa shape index (κ1) is 16.9. The van der Waals surface area contributed by atoms with Gasteiger partial charge in [0.25, 0.3) is 0 Å². The summed E-state index contributed by atoms with van der Waals surface area (Å²) in [7, 11) is 0. The number of aliphatic imine (C=N–C) groups is 1. The Morgan fingerprint density at radius 1 is 1.19 bits per heavy atom. The molecule has 1 unspecified atom stereocenters. The number of nitrogens with zero attached hydrogens (tertiary/aromatic N) is 1. The quantitative estimate of drug-likeness (QED) is 0.651. The van der Waals surface area contributed by atoms with Crippen LogP contribution in [0.25, 0.3) is 0 Å². The van der Waals surface area contributed by atoms with Gasteiger partial charge in [0.15, 0.2) is 5.96 Å². The Labute approximate surface area is 153 Å². The van der Waals surface area contributed by atoms with Gasteiger partial charge in [-0.2, -0.15) is 0 Å². The molecule has 1 atom stereocenters. The first-order chi connectivity index (χ1) is 12.7. The van der Waals surface area contributed by atoms with E-state index in [1.165, 1.54) is 18.6 Å². The van der Waals surface area contributed by atoms with Gasteiger partial charge in [-0.25, -0.2) is 4.39 Å². The van der Waals surface area contributed by atoms with Crippen LogP contribution in [0.4, 0.5) is 4.39 Å². The number of hydrogen-bond donors (Lipinski definition) is 2. The number of hydrogen-bond acceptors (Lipinski definition) is 2. The maximum atomic E-state index is 13.2. The van der Waals surface area contributed by atoms with Crippen molar-refractivity contribution in [2.45, 2.75) is 37.1 Å². The van der Waals surface area contributed by atoms with Crippen LogP contribution >= 0.6 is 0 Å². The Bertz CT molecular complexity index is 799. The van der Waals surface area contributed by atoms with Crippen molar-refractivity contribution in [2.24, 2.45) is 10.7 Å². The largest absolute Gasteiger partial charge is 0.493 e. The van der Waals surface area contributed by atoms with Crippen molar-refractivity contribution >= 4 is 5.96 Å². The molecule has 3 N–H and O–H groups in total. The average Bonchev–Trinajstić information content (AvgIpc) is 2.62. The highest BCUT2D eigenvalue weighted by atomic mass is 19.1. The molecule has 1 fully saturated rings. The maximum absolute atomic E-state index is 13.2. The fourth-order valence-corrected chi connectivity index (χ4v) is 3.90. The van der Waals surface area contributed by atoms with Crippen molar-refractivity contribution in [1.82, 2.24) is 5.32 Å². The molecule has 26 heavy (non-hydrogen) atoms. The van der Waals surface area contributed by atoms with Crippen LogP contribution in [0.5, 0.6) is 5.75 Å². The van der Waals surface area contributed by atoms with Gasteiger partial charge in [-0.1, -0.05) is 36.8 Å². The third-order valence-corrected chi connectivity index (χ3v) is 5.60. The van der Waals surface area contributed by atoms with Crippen LogP contribution in [0.3, 0.4) is 0 Å². The predicted molar refractivity (Wildman–Crippen MR) is 101 cm³/mol. The number of benzene rings is 2. The highest BCUT2D eigenvalue weighted by Crippen LogP contribution is 2.44. The zero-order chi connectivity index (χ0) is 18.0. The van der Waals surface area contributed by atoms with Crippen LogP contribution in [0.2, 0.25) is 0 Å². The minimum absolute atomic E-state index is 0.00637. The summed E-state index contributed by atoms with van der Waals surface area (Å²) in [6.45, 7) is 1.30. The van der Waals surface area contributed by atoms with E-state index >= 15 is 0 Å². The van der Waals surface area contributed by atoms with Crippen LogP contribution in [-0.4, -0.2) is 19.1 Å². The first-order valence-corrected chi connectivity index (χ1v) is 9.21. The van der Waals surface area contributed by atoms with Crippen LogP contribution in [0, 0.1) is 5.82 Å². The normalized spacial score (nSPS) is 21.3. The Morgan fingerprint density at radius 3 is 2.69 bits per heavy atom. The smallest absolute Gasteiger partial charge is 0.189 e. The van der Waals surface area contributed by atoms with E-state index in [9.17, 15) is 4.39 Å². The number of halogens is 1. The molecule has 0 saturated heterocycles. The highest BCUT2D eigenvalue weighted by Gasteiger charge is 2.38. The molecule has 0 bridgehead atoms. The topological polar surface area (TPSA) is 59.6 Å². The zero-order valence-corrected chi connectivity index (χ0v) is 14.7. The SMILES string of the molecule is NC(=NCC1(c2ccc(F)cc2)CCC1)NC1CCOc2ccccc21. The van der Waals surface area contributed by atoms with Crippen molar-refractivity contribution in [1.29, 1.82) is 0 Å². The van der Waals surface area contributed by atoms with Gasteiger partial charge >= 0.3 is 0 Å². The summed E-state index contributed by atoms with van der Waals surface area (Å²) in [5, 5.41) is 3.34. The average molecular weight is 353 g/mol. The summed E-state index contributed by atoms with van der Waals surface area (Å²) in [4.78, 5) is 4.63. The van der Waals surface area contributed by atoms with E-state index in [1.54, 1.807) is 0 Å². The summed E-state index contributed by atoms with van der Waals surface area (Å²) in [5.41, 5.74) is 8.45. The lowest BCUT2D eigenvalue weighted by molar-refractivity contribution is 0.252. The molecule has 0 spiro atoms. The molecule has 1 aliphatic carbocycles. The first-order valence-electron chi connectivity index (χ1n) is 9.21. The molecule has 0 aromatic heterocycles. The molecule has 2 aromatic carbocycles. The minimum atomic E-state index is -0.203. The van der Waals surface area contributed by atoms with Gasteiger partial charge in [0.05, 0.1) is 19.2 Å². The Balaban J connectivity index is 1.46. The zero-order valence-electron chi connectivity index (χ0n) is 14.7. The molecule has 1 aliphatic heterocycles. The van der Waals surface area contributed by atoms with Crippen molar-refractivity contribution in [3.8, 4) is 5.75 Å². The second kappa shape index (κ2) is 6.98. The van der Waals surface area contributed by atoms with Gasteiger partial charge in [-0.3, -0.25) is 4.99 Å². The minimum Gasteiger partial charge on any atom is -0.493 e. The molecule has 1 heterocycles. The Kier molecular flexibility index (Phi) is 4.53. The molecular weight excluding hydrogens is 329 g/mol. The second-order valence-electron chi connectivity index (χ2n) is 7.21. The second-order valence-corrected chi connectivity index (χ2v) is 7.21. The summed E-state index contributed by atoms with van der Waals surface area (Å²) < 4.78 is 18.9. The van der Waals surface area contributed by atoms with E-state index in [0.717, 1.165) is 36.1 Å². The predicted octanol–water partition coefficient (Wildman–Crippen LogP) is 3.68. The van der Waals surface area contributed by atoms with Crippen molar-refractivity contribution in [2.75, 3.05) is 13.2 Å². The number of nitrogens with one attached hydrogen (secondary N) is 1. The fourth-order valence-electron chi connectivity index (χ4n) is 3.90. The molecular formula is C21H24FN3O. The number of nitrogens with two attached hydrogens (primary N) is 1. The molecule has 0 radical (unpaired) electrons. The van der Waals surface area contributed by atoms with E-state index in [2.05, 4.69) is 16.4 Å². The Morgan fingerprint density at radius 2 is 1.96 bits per heavy atom. The molecule has 136 valence electrons. The number of rotatable bonds is 4. The molecule has 2 aliphatic rings. The number of para-hydroxylation sites is 1. The Hall–Kier alpha value is -2.56. The van der Waals surface area contributed by atoms with Gasteiger partial charge in [0.1, 0.15) is 11.6 Å². The molecule has 5 heteroatoms. The van der Waals surface area contributed by atoms with Crippen LogP contribution < -0.4 is 15.8 Å². The van der Waals surface area contributed by atoms with Gasteiger partial charge in [0, 0.05) is 17.4 Å². The van der Waals surface area contributed by atoms with Crippen molar-refractivity contribution in [3.05, 3.63) is 65.5 Å². The molecule has 1 saturated carbocycles. The van der Waals surface area contributed by atoms with Crippen LogP contribution in [0.15, 0.2) is 53.5 Å². The maximum Gasteiger partial charge on any atom is 0.189 e. The third kappa shape index (κ3) is 3.26. The van der Waals surface area contributed by atoms with Gasteiger partial charge in [-0.15, -0.1) is 0 Å². The van der Waals surface area contributed by atoms with Crippen molar-refractivity contribution < 1.29 is 9.13 Å². The number of fused-ring (bicyclic) bond motifs is 1. The lowest BCUT2D eigenvalue weighted by Crippen LogP contribution is -2.41. The standard InChI is InChI=1S/C21H24FN3O/c22-16-8-6-15(7-9-16)21(11-3-12-21)14-24-20(23)25-18-10-13-26-19-5-2-1-4-17(18)19/h1-2,4-9,18H,3,10-14H2,(H3,23,24,25). The fraction of sp³-hybridized carbons (Fsp3) is 0.381. The lowest BCUT2D eigenvalue weighted by Gasteiger charge is -2.41. The van der Waals surface area contributed by atoms with Crippen LogP contribution in [-0.2, 0) is 5.41 Å². The van der Waals surface area contributed by atoms with E-state index in [1.807, 2.05) is 30.3 Å². The number of guanidine groups is 1. The third-order valence-electron chi connectivity index (χ3n) is 5.60. The summed E-state index contributed by atoms with van der Waals surface area (Å²) in [6, 6.07) is 14.9. The monoisotopic (exact) mass is 353 g/mol. The molecule has 2 aromatic rings. The van der Waals surface area contributed by atoms with E-state index in [4.69, 9.17) is 10.5 Å². The van der Waals surface area contributed by atoms with E-state index in [0.29, 0.717) is 19.1 Å². The summed E-state index contributed by atoms with van der Waals surface area (Å²) in [5.74, 6) is 1.16. The summed E-state index contributed by atoms with van der Waals surface area (Å²) in [6.07, 6.45) is 4.16. The van der Waals surface area contributed by atoms with Crippen LogP contribution in [0.1, 0.15) is 42.9 Å². The lowest BCUT2D eigenvalue weighted by atomic mass is 9.64. The number of ether oxygens (including phenoxy) is 1. The molecule has 0 amide bonds. The molecule has 4 rings (SSSR count). The van der Waals surface area contributed by atoms with Gasteiger partial charge in [-0.05, 0) is 36.6 Å². The highest BCUT2D eigenvalue weighted by molar-refractivity contribution is 5.78. The van der Waals surface area contributed by atoms with Crippen molar-refractivity contribution in [3.63, 3.8) is 0 Å². The van der Waals surface area contributed by atoms with Gasteiger partial charge in [0.2, 0.25) is 0 Å². The molecule has 4 nitrogen and oxygen atoms in total. The van der Waals surface area contributed by atoms with Gasteiger partial charge < -0.3 is 15.8 Å². The van der Waals surface area contributed by atoms with E-state index in [-0.39, 0.29) is 17.3 Å².